The number of ether oxygens (including phenoxy) is 1. The molecule has 1 aromatic heterocycles. The summed E-state index contributed by atoms with van der Waals surface area (Å²) in [5, 5.41) is 0. The fourth-order valence-corrected chi connectivity index (χ4v) is 0.797. The van der Waals surface area contributed by atoms with Crippen LogP contribution < -0.4 is 10.4 Å². The fraction of sp³-hybridized carbons (Fsp3) is 0.375. The Morgan fingerprint density at radius 2 is 2.27 bits per heavy atom. The summed E-state index contributed by atoms with van der Waals surface area (Å²) in [6, 6.07) is 3.03. The van der Waals surface area contributed by atoms with Gasteiger partial charge in [0.1, 0.15) is 11.5 Å². The predicted molar refractivity (Wildman–Crippen MR) is 40.9 cm³/mol. The molecule has 0 unspecified atom stereocenters. The van der Waals surface area contributed by atoms with Crippen LogP contribution in [-0.4, -0.2) is 7.11 Å². The van der Waals surface area contributed by atoms with Crippen molar-refractivity contribution >= 4 is 0 Å². The summed E-state index contributed by atoms with van der Waals surface area (Å²) in [5.41, 5.74) is -0.360. The van der Waals surface area contributed by atoms with E-state index in [2.05, 4.69) is 0 Å². The first kappa shape index (κ1) is 7.85. The third-order valence-corrected chi connectivity index (χ3v) is 1.38. The molecular formula is C8H10O3. The highest BCUT2D eigenvalue weighted by molar-refractivity contribution is 5.20. The van der Waals surface area contributed by atoms with E-state index in [1.807, 2.05) is 6.92 Å². The lowest BCUT2D eigenvalue weighted by molar-refractivity contribution is 0.393. The van der Waals surface area contributed by atoms with Crippen LogP contribution in [0.25, 0.3) is 0 Å². The molecule has 1 heterocycles. The van der Waals surface area contributed by atoms with Crippen molar-refractivity contribution in [3.8, 4) is 5.75 Å². The molecule has 0 bridgehead atoms. The van der Waals surface area contributed by atoms with Crippen LogP contribution >= 0.6 is 0 Å². The minimum Gasteiger partial charge on any atom is -0.496 e. The molecule has 0 aliphatic rings. The second-order valence-electron chi connectivity index (χ2n) is 2.14. The standard InChI is InChI=1S/C8H10O3/c1-3-6-4-7(10-2)5-8(9)11-6/h4-5H,3H2,1-2H3. The largest absolute Gasteiger partial charge is 0.496 e. The van der Waals surface area contributed by atoms with Crippen LogP contribution in [0.1, 0.15) is 12.7 Å². The maximum atomic E-state index is 10.8. The Balaban J connectivity index is 3.12. The zero-order valence-electron chi connectivity index (χ0n) is 6.59. The van der Waals surface area contributed by atoms with Crippen molar-refractivity contribution in [2.24, 2.45) is 0 Å². The Hall–Kier alpha value is -1.25. The number of hydrogen-bond donors (Lipinski definition) is 0. The normalized spacial score (nSPS) is 9.64. The van der Waals surface area contributed by atoms with Crippen molar-refractivity contribution < 1.29 is 9.15 Å². The van der Waals surface area contributed by atoms with Crippen molar-refractivity contribution in [1.29, 1.82) is 0 Å². The first-order valence-corrected chi connectivity index (χ1v) is 3.44. The molecule has 0 aliphatic carbocycles. The van der Waals surface area contributed by atoms with E-state index < -0.39 is 0 Å². The molecule has 0 fully saturated rings. The van der Waals surface area contributed by atoms with Gasteiger partial charge in [0, 0.05) is 12.5 Å². The van der Waals surface area contributed by atoms with E-state index in [9.17, 15) is 4.79 Å². The van der Waals surface area contributed by atoms with Crippen LogP contribution in [0.4, 0.5) is 0 Å². The van der Waals surface area contributed by atoms with Crippen molar-refractivity contribution in [2.75, 3.05) is 7.11 Å². The SMILES string of the molecule is CCc1cc(OC)cc(=O)o1. The van der Waals surface area contributed by atoms with Crippen molar-refractivity contribution in [3.63, 3.8) is 0 Å². The second kappa shape index (κ2) is 3.23. The lowest BCUT2D eigenvalue weighted by atomic mass is 10.3. The zero-order chi connectivity index (χ0) is 8.27. The Morgan fingerprint density at radius 1 is 1.55 bits per heavy atom. The van der Waals surface area contributed by atoms with E-state index in [4.69, 9.17) is 9.15 Å². The monoisotopic (exact) mass is 154 g/mol. The highest BCUT2D eigenvalue weighted by atomic mass is 16.5. The molecule has 0 saturated carbocycles. The molecule has 0 saturated heterocycles. The minimum atomic E-state index is -0.360. The summed E-state index contributed by atoms with van der Waals surface area (Å²) in [4.78, 5) is 10.8. The van der Waals surface area contributed by atoms with Gasteiger partial charge in [0.2, 0.25) is 0 Å². The van der Waals surface area contributed by atoms with Gasteiger partial charge in [0.25, 0.3) is 0 Å². The molecule has 1 aromatic rings. The van der Waals surface area contributed by atoms with Crippen molar-refractivity contribution in [3.05, 3.63) is 28.3 Å². The van der Waals surface area contributed by atoms with Crippen LogP contribution in [0, 0.1) is 0 Å². The lowest BCUT2D eigenvalue weighted by Crippen LogP contribution is -2.00. The van der Waals surface area contributed by atoms with Crippen molar-refractivity contribution in [1.82, 2.24) is 0 Å². The summed E-state index contributed by atoms with van der Waals surface area (Å²) in [5.74, 6) is 1.20. The average molecular weight is 154 g/mol. The lowest BCUT2D eigenvalue weighted by Gasteiger charge is -1.98. The van der Waals surface area contributed by atoms with Gasteiger partial charge in [-0.25, -0.2) is 4.79 Å². The zero-order valence-corrected chi connectivity index (χ0v) is 6.59. The Kier molecular flexibility index (Phi) is 2.31. The summed E-state index contributed by atoms with van der Waals surface area (Å²) in [6.45, 7) is 1.91. The van der Waals surface area contributed by atoms with Gasteiger partial charge in [0.15, 0.2) is 0 Å². The summed E-state index contributed by atoms with van der Waals surface area (Å²) < 4.78 is 9.71. The summed E-state index contributed by atoms with van der Waals surface area (Å²) >= 11 is 0. The van der Waals surface area contributed by atoms with Gasteiger partial charge in [-0.3, -0.25) is 0 Å². The van der Waals surface area contributed by atoms with Gasteiger partial charge < -0.3 is 9.15 Å². The number of methoxy groups -OCH3 is 1. The molecule has 11 heavy (non-hydrogen) atoms. The molecule has 3 nitrogen and oxygen atoms in total. The predicted octanol–water partition coefficient (Wildman–Crippen LogP) is 1.21. The van der Waals surface area contributed by atoms with E-state index >= 15 is 0 Å². The van der Waals surface area contributed by atoms with E-state index in [0.29, 0.717) is 17.9 Å². The number of rotatable bonds is 2. The molecule has 0 N–H and O–H groups in total. The third kappa shape index (κ3) is 1.83. The van der Waals surface area contributed by atoms with Crippen molar-refractivity contribution in [2.45, 2.75) is 13.3 Å². The van der Waals surface area contributed by atoms with Gasteiger partial charge in [0.05, 0.1) is 13.2 Å². The Morgan fingerprint density at radius 3 is 2.82 bits per heavy atom. The van der Waals surface area contributed by atoms with Crippen LogP contribution in [-0.2, 0) is 6.42 Å². The number of hydrogen-bond acceptors (Lipinski definition) is 3. The highest BCUT2D eigenvalue weighted by Crippen LogP contribution is 2.08. The van der Waals surface area contributed by atoms with Gasteiger partial charge >= 0.3 is 5.63 Å². The molecule has 0 atom stereocenters. The summed E-state index contributed by atoms with van der Waals surface area (Å²) in [7, 11) is 1.52. The smallest absolute Gasteiger partial charge is 0.339 e. The minimum absolute atomic E-state index is 0.360. The Bertz CT molecular complexity index is 262. The number of aryl methyl sites for hydroxylation is 1. The molecule has 0 spiro atoms. The second-order valence-corrected chi connectivity index (χ2v) is 2.14. The summed E-state index contributed by atoms with van der Waals surface area (Å²) in [6.07, 6.45) is 0.701. The van der Waals surface area contributed by atoms with Crippen LogP contribution in [0.3, 0.4) is 0 Å². The molecule has 0 radical (unpaired) electrons. The molecule has 0 aliphatic heterocycles. The van der Waals surface area contributed by atoms with E-state index in [1.54, 1.807) is 6.07 Å². The van der Waals surface area contributed by atoms with E-state index in [-0.39, 0.29) is 5.63 Å². The quantitative estimate of drug-likeness (QED) is 0.642. The molecule has 0 amide bonds. The van der Waals surface area contributed by atoms with E-state index in [0.717, 1.165) is 0 Å². The van der Waals surface area contributed by atoms with Crippen LogP contribution in [0.2, 0.25) is 0 Å². The maximum absolute atomic E-state index is 10.8. The molecule has 1 rings (SSSR count). The fourth-order valence-electron chi connectivity index (χ4n) is 0.797. The topological polar surface area (TPSA) is 39.4 Å². The molecule has 0 aromatic carbocycles. The highest BCUT2D eigenvalue weighted by Gasteiger charge is 1.98. The van der Waals surface area contributed by atoms with Gasteiger partial charge in [-0.2, -0.15) is 0 Å². The molecule has 60 valence electrons. The maximum Gasteiger partial charge on any atom is 0.339 e. The molecule has 3 heteroatoms. The first-order chi connectivity index (χ1) is 5.26. The average Bonchev–Trinajstić information content (AvgIpc) is 2.03. The Labute approximate surface area is 64.6 Å². The van der Waals surface area contributed by atoms with Gasteiger partial charge in [-0.15, -0.1) is 0 Å². The van der Waals surface area contributed by atoms with Gasteiger partial charge in [-0.05, 0) is 0 Å². The van der Waals surface area contributed by atoms with Gasteiger partial charge in [-0.1, -0.05) is 6.92 Å². The van der Waals surface area contributed by atoms with Crippen LogP contribution in [0.15, 0.2) is 21.3 Å². The van der Waals surface area contributed by atoms with E-state index in [1.165, 1.54) is 13.2 Å². The molecular weight excluding hydrogens is 144 g/mol. The third-order valence-electron chi connectivity index (χ3n) is 1.38. The first-order valence-electron chi connectivity index (χ1n) is 3.44. The van der Waals surface area contributed by atoms with Crippen LogP contribution in [0.5, 0.6) is 5.75 Å².